The number of H-pyrrole nitrogens is 1. The quantitative estimate of drug-likeness (QED) is 0.210. The summed E-state index contributed by atoms with van der Waals surface area (Å²) in [6.07, 6.45) is 8.08. The predicted octanol–water partition coefficient (Wildman–Crippen LogP) is -1.12. The average molecular weight is 444 g/mol. The van der Waals surface area contributed by atoms with Crippen LogP contribution in [0.3, 0.4) is 0 Å². The third-order valence-corrected chi connectivity index (χ3v) is 6.09. The minimum Gasteiger partial charge on any atom is -0.477 e. The minimum atomic E-state index is -1.19. The van der Waals surface area contributed by atoms with E-state index in [0.29, 0.717) is 23.6 Å². The van der Waals surface area contributed by atoms with Crippen molar-refractivity contribution in [2.75, 3.05) is 12.9 Å². The van der Waals surface area contributed by atoms with Gasteiger partial charge in [-0.15, -0.1) is 11.8 Å². The monoisotopic (exact) mass is 444 g/mol. The van der Waals surface area contributed by atoms with Gasteiger partial charge in [-0.05, 0) is 6.07 Å². The number of amides is 2. The van der Waals surface area contributed by atoms with Crippen LogP contribution >= 0.6 is 11.8 Å². The number of aromatic amines is 1. The molecule has 3 N–H and O–H groups in total. The molecule has 0 bridgehead atoms. The summed E-state index contributed by atoms with van der Waals surface area (Å²) in [5, 5.41) is 21.9. The van der Waals surface area contributed by atoms with Gasteiger partial charge < -0.3 is 15.3 Å². The van der Waals surface area contributed by atoms with Crippen LogP contribution < -0.4 is 9.88 Å². The molecule has 31 heavy (non-hydrogen) atoms. The van der Waals surface area contributed by atoms with Crippen LogP contribution in [-0.2, 0) is 25.8 Å². The van der Waals surface area contributed by atoms with Crippen molar-refractivity contribution in [1.82, 2.24) is 25.4 Å². The lowest BCUT2D eigenvalue weighted by Crippen LogP contribution is -2.71. The van der Waals surface area contributed by atoms with E-state index in [1.807, 2.05) is 0 Å². The second-order valence-corrected chi connectivity index (χ2v) is 7.73. The van der Waals surface area contributed by atoms with Gasteiger partial charge in [0.05, 0.1) is 18.1 Å². The molecule has 1 unspecified atom stereocenters. The molecular weight excluding hydrogens is 426 g/mol. The normalized spacial score (nSPS) is 20.7. The molecule has 2 aromatic rings. The second kappa shape index (κ2) is 8.55. The number of oxime groups is 1. The number of carboxylic acids is 1. The van der Waals surface area contributed by atoms with Gasteiger partial charge in [-0.1, -0.05) is 5.16 Å². The largest absolute Gasteiger partial charge is 0.477 e. The Labute approximate surface area is 180 Å². The maximum absolute atomic E-state index is 12.8. The molecular formula is C18H18N7O5S+. The molecule has 0 aliphatic carbocycles. The third kappa shape index (κ3) is 3.86. The number of aromatic nitrogens is 4. The van der Waals surface area contributed by atoms with E-state index < -0.39 is 29.2 Å². The standard InChI is InChI=1S/C18H17N7O5S/c1-30-23-12(11-2-3-20-22-11)15(26)21-13-16(27)25-14(18(28)29)10(9-31-17(13)25)8-24-6-4-19-5-7-24/h2-7,13,17H,8-9H2,1H3,(H2-,20,21,22,23,26,28,29)/p+1/t13?,17-/m0/s1. The molecule has 12 nitrogen and oxygen atoms in total. The van der Waals surface area contributed by atoms with E-state index in [1.165, 1.54) is 36.0 Å². The average Bonchev–Trinajstić information content (AvgIpc) is 3.30. The molecule has 0 radical (unpaired) electrons. The number of nitrogens with zero attached hydrogens (tertiary/aromatic N) is 5. The van der Waals surface area contributed by atoms with Crippen LogP contribution in [0.25, 0.3) is 0 Å². The molecule has 2 atom stereocenters. The summed E-state index contributed by atoms with van der Waals surface area (Å²) in [4.78, 5) is 47.3. The summed E-state index contributed by atoms with van der Waals surface area (Å²) in [7, 11) is 1.29. The first-order valence-corrected chi connectivity index (χ1v) is 10.2. The van der Waals surface area contributed by atoms with Crippen molar-refractivity contribution >= 4 is 35.3 Å². The van der Waals surface area contributed by atoms with Gasteiger partial charge in [0.15, 0.2) is 24.7 Å². The van der Waals surface area contributed by atoms with Crippen LogP contribution in [0.4, 0.5) is 0 Å². The first kappa shape index (κ1) is 20.5. The number of fused-ring (bicyclic) bond motifs is 1. The number of hydrogen-bond donors (Lipinski definition) is 3. The summed E-state index contributed by atoms with van der Waals surface area (Å²) in [5.74, 6) is -1.92. The maximum atomic E-state index is 12.8. The summed E-state index contributed by atoms with van der Waals surface area (Å²) < 4.78 is 1.79. The van der Waals surface area contributed by atoms with Crippen LogP contribution in [0, 0.1) is 0 Å². The number of hydrogen-bond acceptors (Lipinski definition) is 8. The Morgan fingerprint density at radius 1 is 1.42 bits per heavy atom. The SMILES string of the molecule is CON=C(C(=O)NC1C(=O)N2C(C(=O)O)=C(C[n+]3ccncc3)CS[C@@H]12)c1ccn[nH]1. The third-order valence-electron chi connectivity index (χ3n) is 4.75. The van der Waals surface area contributed by atoms with Crippen molar-refractivity contribution in [2.24, 2.45) is 5.16 Å². The van der Waals surface area contributed by atoms with Gasteiger partial charge in [-0.25, -0.2) is 4.79 Å². The smallest absolute Gasteiger partial charge is 0.352 e. The van der Waals surface area contributed by atoms with E-state index >= 15 is 0 Å². The van der Waals surface area contributed by atoms with E-state index in [9.17, 15) is 19.5 Å². The van der Waals surface area contributed by atoms with Gasteiger partial charge in [-0.3, -0.25) is 24.6 Å². The highest BCUT2D eigenvalue weighted by molar-refractivity contribution is 8.00. The Morgan fingerprint density at radius 2 is 2.19 bits per heavy atom. The van der Waals surface area contributed by atoms with Crippen molar-refractivity contribution < 1.29 is 28.9 Å². The molecule has 2 aliphatic heterocycles. The molecule has 0 spiro atoms. The Kier molecular flexibility index (Phi) is 5.66. The van der Waals surface area contributed by atoms with Crippen LogP contribution in [-0.4, -0.2) is 73.0 Å². The number of aliphatic carboxylic acids is 1. The molecule has 1 saturated heterocycles. The number of β-lactam (4-membered cyclic amide) rings is 1. The van der Waals surface area contributed by atoms with E-state index in [4.69, 9.17) is 4.84 Å². The van der Waals surface area contributed by atoms with E-state index in [1.54, 1.807) is 29.4 Å². The fourth-order valence-electron chi connectivity index (χ4n) is 3.38. The number of carboxylic acid groups (broad SMARTS) is 1. The van der Waals surface area contributed by atoms with Crippen molar-refractivity contribution in [2.45, 2.75) is 18.0 Å². The number of rotatable bonds is 7. The van der Waals surface area contributed by atoms with Gasteiger partial charge >= 0.3 is 5.97 Å². The Bertz CT molecular complexity index is 1070. The highest BCUT2D eigenvalue weighted by atomic mass is 32.2. The molecule has 13 heteroatoms. The molecule has 0 saturated carbocycles. The number of carbonyl (C=O) groups excluding carboxylic acids is 2. The van der Waals surface area contributed by atoms with E-state index in [-0.39, 0.29) is 11.4 Å². The summed E-state index contributed by atoms with van der Waals surface area (Å²) in [6, 6.07) is 0.655. The first-order chi connectivity index (χ1) is 15.0. The second-order valence-electron chi connectivity index (χ2n) is 6.63. The summed E-state index contributed by atoms with van der Waals surface area (Å²) >= 11 is 1.39. The molecule has 160 valence electrons. The molecule has 0 aromatic carbocycles. The van der Waals surface area contributed by atoms with Crippen LogP contribution in [0.2, 0.25) is 0 Å². The van der Waals surface area contributed by atoms with Crippen LogP contribution in [0.1, 0.15) is 5.69 Å². The fraction of sp³-hybridized carbons (Fsp3) is 0.278. The highest BCUT2D eigenvalue weighted by Gasteiger charge is 2.54. The fourth-order valence-corrected chi connectivity index (χ4v) is 4.72. The highest BCUT2D eigenvalue weighted by Crippen LogP contribution is 2.40. The van der Waals surface area contributed by atoms with Gasteiger partial charge in [0.25, 0.3) is 11.8 Å². The lowest BCUT2D eigenvalue weighted by Gasteiger charge is -2.49. The van der Waals surface area contributed by atoms with Crippen molar-refractivity contribution in [1.29, 1.82) is 0 Å². The Morgan fingerprint density at radius 3 is 2.84 bits per heavy atom. The Balaban J connectivity index is 1.53. The first-order valence-electron chi connectivity index (χ1n) is 9.12. The van der Waals surface area contributed by atoms with Gasteiger partial charge in [0.1, 0.15) is 24.2 Å². The zero-order valence-corrected chi connectivity index (χ0v) is 17.1. The van der Waals surface area contributed by atoms with E-state index in [2.05, 4.69) is 25.7 Å². The molecule has 2 aliphatic rings. The summed E-state index contributed by atoms with van der Waals surface area (Å²) in [5.41, 5.74) is 0.794. The zero-order valence-electron chi connectivity index (χ0n) is 16.3. The molecule has 1 fully saturated rings. The molecule has 2 amide bonds. The Hall–Kier alpha value is -3.74. The zero-order chi connectivity index (χ0) is 22.0. The molecule has 4 heterocycles. The van der Waals surface area contributed by atoms with E-state index in [0.717, 1.165) is 0 Å². The van der Waals surface area contributed by atoms with Crippen molar-refractivity contribution in [3.05, 3.63) is 54.0 Å². The van der Waals surface area contributed by atoms with Gasteiger partial charge in [0.2, 0.25) is 0 Å². The maximum Gasteiger partial charge on any atom is 0.352 e. The lowest BCUT2D eigenvalue weighted by molar-refractivity contribution is -0.689. The molecule has 4 rings (SSSR count). The summed E-state index contributed by atoms with van der Waals surface area (Å²) in [6.45, 7) is 0.315. The predicted molar refractivity (Wildman–Crippen MR) is 106 cm³/mol. The minimum absolute atomic E-state index is 0.0529. The van der Waals surface area contributed by atoms with Crippen molar-refractivity contribution in [3.8, 4) is 0 Å². The lowest BCUT2D eigenvalue weighted by atomic mass is 10.0. The number of thioether (sulfide) groups is 1. The van der Waals surface area contributed by atoms with Gasteiger partial charge in [-0.2, -0.15) is 9.67 Å². The van der Waals surface area contributed by atoms with Gasteiger partial charge in [0, 0.05) is 17.5 Å². The van der Waals surface area contributed by atoms with Crippen LogP contribution in [0.15, 0.2) is 53.5 Å². The van der Waals surface area contributed by atoms with Crippen LogP contribution in [0.5, 0.6) is 0 Å². The topological polar surface area (TPSA) is 154 Å². The molecule has 2 aromatic heterocycles. The number of nitrogens with one attached hydrogen (secondary N) is 2. The van der Waals surface area contributed by atoms with Crippen molar-refractivity contribution in [3.63, 3.8) is 0 Å². The number of carbonyl (C=O) groups is 3.